The number of nitrogens with zero attached hydrogens (tertiary/aromatic N) is 2. The quantitative estimate of drug-likeness (QED) is 0.793. The van der Waals surface area contributed by atoms with E-state index in [1.807, 2.05) is 6.07 Å². The number of carbonyl (C=O) groups excluding carboxylic acids is 1. The van der Waals surface area contributed by atoms with E-state index in [1.54, 1.807) is 43.3 Å². The van der Waals surface area contributed by atoms with Gasteiger partial charge in [0.2, 0.25) is 12.7 Å². The number of para-hydroxylation sites is 1. The lowest BCUT2D eigenvalue weighted by Gasteiger charge is -2.15. The van der Waals surface area contributed by atoms with E-state index in [0.717, 1.165) is 0 Å². The second-order valence-electron chi connectivity index (χ2n) is 5.71. The fraction of sp³-hybridized carbons (Fsp3) is 0.167. The summed E-state index contributed by atoms with van der Waals surface area (Å²) in [4.78, 5) is 29.4. The van der Waals surface area contributed by atoms with Crippen LogP contribution < -0.4 is 20.3 Å². The van der Waals surface area contributed by atoms with Crippen LogP contribution in [0.1, 0.15) is 13.0 Å². The molecule has 0 bridgehead atoms. The molecule has 1 atom stereocenters. The molecule has 7 heteroatoms. The van der Waals surface area contributed by atoms with Crippen LogP contribution in [0.25, 0.3) is 10.9 Å². The summed E-state index contributed by atoms with van der Waals surface area (Å²) in [6.07, 6.45) is 1.40. The largest absolute Gasteiger partial charge is 0.454 e. The van der Waals surface area contributed by atoms with E-state index >= 15 is 0 Å². The van der Waals surface area contributed by atoms with Crippen molar-refractivity contribution in [2.24, 2.45) is 0 Å². The van der Waals surface area contributed by atoms with Crippen molar-refractivity contribution in [3.05, 3.63) is 59.1 Å². The maximum atomic E-state index is 12.6. The van der Waals surface area contributed by atoms with Gasteiger partial charge in [-0.2, -0.15) is 0 Å². The number of rotatable bonds is 3. The molecular weight excluding hydrogens is 322 g/mol. The first kappa shape index (κ1) is 15.2. The Kier molecular flexibility index (Phi) is 3.61. The Labute approximate surface area is 142 Å². The van der Waals surface area contributed by atoms with E-state index in [0.29, 0.717) is 28.1 Å². The average Bonchev–Trinajstić information content (AvgIpc) is 3.09. The zero-order chi connectivity index (χ0) is 17.4. The van der Waals surface area contributed by atoms with Gasteiger partial charge in [-0.3, -0.25) is 14.2 Å². The Balaban J connectivity index is 1.60. The summed E-state index contributed by atoms with van der Waals surface area (Å²) in [6, 6.07) is 11.5. The number of ether oxygens (including phenoxy) is 2. The molecule has 0 radical (unpaired) electrons. The van der Waals surface area contributed by atoms with Crippen LogP contribution >= 0.6 is 0 Å². The third-order valence-corrected chi connectivity index (χ3v) is 4.13. The summed E-state index contributed by atoms with van der Waals surface area (Å²) in [5.41, 5.74) is 0.925. The molecule has 7 nitrogen and oxygen atoms in total. The highest BCUT2D eigenvalue weighted by Gasteiger charge is 2.19. The molecule has 2 aromatic carbocycles. The molecule has 126 valence electrons. The Hall–Kier alpha value is -3.35. The molecule has 3 aromatic rings. The van der Waals surface area contributed by atoms with Gasteiger partial charge in [0.1, 0.15) is 6.04 Å². The highest BCUT2D eigenvalue weighted by Crippen LogP contribution is 2.34. The summed E-state index contributed by atoms with van der Waals surface area (Å²) < 4.78 is 11.9. The molecule has 1 N–H and O–H groups in total. The van der Waals surface area contributed by atoms with Crippen LogP contribution in [0.15, 0.2) is 53.6 Å². The van der Waals surface area contributed by atoms with E-state index in [-0.39, 0.29) is 18.3 Å². The van der Waals surface area contributed by atoms with Gasteiger partial charge in [-0.05, 0) is 31.2 Å². The number of fused-ring (bicyclic) bond motifs is 2. The van der Waals surface area contributed by atoms with Gasteiger partial charge in [0.15, 0.2) is 11.5 Å². The van der Waals surface area contributed by atoms with Gasteiger partial charge >= 0.3 is 0 Å². The highest BCUT2D eigenvalue weighted by atomic mass is 16.7. The van der Waals surface area contributed by atoms with Crippen LogP contribution in [0.4, 0.5) is 5.69 Å². The lowest BCUT2D eigenvalue weighted by atomic mass is 10.2. The summed E-state index contributed by atoms with van der Waals surface area (Å²) in [6.45, 7) is 1.82. The van der Waals surface area contributed by atoms with Crippen molar-refractivity contribution >= 4 is 22.5 Å². The molecule has 1 aromatic heterocycles. The molecule has 25 heavy (non-hydrogen) atoms. The van der Waals surface area contributed by atoms with Crippen LogP contribution in [0.2, 0.25) is 0 Å². The third-order valence-electron chi connectivity index (χ3n) is 4.13. The molecule has 0 unspecified atom stereocenters. The van der Waals surface area contributed by atoms with Gasteiger partial charge in [0, 0.05) is 11.8 Å². The first-order valence-corrected chi connectivity index (χ1v) is 7.80. The number of anilines is 1. The SMILES string of the molecule is C[C@@H](C(=O)Nc1ccc2c(c1)OCO2)n1cnc2ccccc2c1=O. The van der Waals surface area contributed by atoms with Gasteiger partial charge in [-0.25, -0.2) is 4.98 Å². The Bertz CT molecular complexity index is 1030. The molecule has 4 rings (SSSR count). The fourth-order valence-electron chi connectivity index (χ4n) is 2.71. The van der Waals surface area contributed by atoms with E-state index in [9.17, 15) is 9.59 Å². The monoisotopic (exact) mass is 337 g/mol. The topological polar surface area (TPSA) is 82.4 Å². The first-order valence-electron chi connectivity index (χ1n) is 7.80. The molecule has 0 aliphatic carbocycles. The minimum atomic E-state index is -0.713. The minimum Gasteiger partial charge on any atom is -0.454 e. The van der Waals surface area contributed by atoms with Crippen LogP contribution in [0.3, 0.4) is 0 Å². The number of hydrogen-bond donors (Lipinski definition) is 1. The van der Waals surface area contributed by atoms with Crippen molar-refractivity contribution in [1.82, 2.24) is 9.55 Å². The van der Waals surface area contributed by atoms with Crippen molar-refractivity contribution < 1.29 is 14.3 Å². The predicted octanol–water partition coefficient (Wildman–Crippen LogP) is 2.32. The fourth-order valence-corrected chi connectivity index (χ4v) is 2.71. The maximum absolute atomic E-state index is 12.6. The van der Waals surface area contributed by atoms with Crippen LogP contribution in [0.5, 0.6) is 11.5 Å². The van der Waals surface area contributed by atoms with Crippen LogP contribution in [-0.4, -0.2) is 22.3 Å². The molecule has 0 fully saturated rings. The third kappa shape index (κ3) is 2.69. The number of nitrogens with one attached hydrogen (secondary N) is 1. The Morgan fingerprint density at radius 3 is 2.88 bits per heavy atom. The molecule has 2 heterocycles. The van der Waals surface area contributed by atoms with Crippen molar-refractivity contribution in [3.8, 4) is 11.5 Å². The number of aromatic nitrogens is 2. The molecule has 0 spiro atoms. The van der Waals surface area contributed by atoms with E-state index < -0.39 is 6.04 Å². The molecule has 1 amide bonds. The van der Waals surface area contributed by atoms with Crippen LogP contribution in [0, 0.1) is 0 Å². The summed E-state index contributed by atoms with van der Waals surface area (Å²) in [5.74, 6) is 0.897. The minimum absolute atomic E-state index is 0.168. The van der Waals surface area contributed by atoms with Crippen molar-refractivity contribution in [2.45, 2.75) is 13.0 Å². The number of carbonyl (C=O) groups is 1. The zero-order valence-corrected chi connectivity index (χ0v) is 13.4. The summed E-state index contributed by atoms with van der Waals surface area (Å²) in [7, 11) is 0. The molecular formula is C18H15N3O4. The van der Waals surface area contributed by atoms with Crippen LogP contribution in [-0.2, 0) is 4.79 Å². The average molecular weight is 337 g/mol. The van der Waals surface area contributed by atoms with Gasteiger partial charge < -0.3 is 14.8 Å². The summed E-state index contributed by atoms with van der Waals surface area (Å²) in [5, 5.41) is 3.26. The smallest absolute Gasteiger partial charge is 0.261 e. The second kappa shape index (κ2) is 5.94. The van der Waals surface area contributed by atoms with Gasteiger partial charge in [0.05, 0.1) is 17.2 Å². The molecule has 1 aliphatic heterocycles. The van der Waals surface area contributed by atoms with E-state index in [4.69, 9.17) is 9.47 Å². The normalized spacial score (nSPS) is 13.6. The number of amides is 1. The molecule has 1 aliphatic rings. The van der Waals surface area contributed by atoms with Gasteiger partial charge in [0.25, 0.3) is 5.56 Å². The second-order valence-corrected chi connectivity index (χ2v) is 5.71. The standard InChI is InChI=1S/C18H15N3O4/c1-11(21-9-19-14-5-3-2-4-13(14)18(21)23)17(22)20-12-6-7-15-16(8-12)25-10-24-15/h2-9,11H,10H2,1H3,(H,20,22)/t11-/m0/s1. The maximum Gasteiger partial charge on any atom is 0.261 e. The lowest BCUT2D eigenvalue weighted by molar-refractivity contribution is -0.118. The highest BCUT2D eigenvalue weighted by molar-refractivity contribution is 5.94. The van der Waals surface area contributed by atoms with Crippen molar-refractivity contribution in [3.63, 3.8) is 0 Å². The first-order chi connectivity index (χ1) is 12.1. The molecule has 0 saturated carbocycles. The van der Waals surface area contributed by atoms with E-state index in [2.05, 4.69) is 10.3 Å². The Morgan fingerprint density at radius 1 is 1.20 bits per heavy atom. The lowest BCUT2D eigenvalue weighted by Crippen LogP contribution is -2.31. The summed E-state index contributed by atoms with van der Waals surface area (Å²) >= 11 is 0. The Morgan fingerprint density at radius 2 is 2.00 bits per heavy atom. The number of hydrogen-bond acceptors (Lipinski definition) is 5. The van der Waals surface area contributed by atoms with Crippen molar-refractivity contribution in [1.29, 1.82) is 0 Å². The van der Waals surface area contributed by atoms with Gasteiger partial charge in [-0.1, -0.05) is 12.1 Å². The predicted molar refractivity (Wildman–Crippen MR) is 91.9 cm³/mol. The number of benzene rings is 2. The van der Waals surface area contributed by atoms with E-state index in [1.165, 1.54) is 10.9 Å². The zero-order valence-electron chi connectivity index (χ0n) is 13.4. The van der Waals surface area contributed by atoms with Crippen molar-refractivity contribution in [2.75, 3.05) is 12.1 Å². The van der Waals surface area contributed by atoms with Gasteiger partial charge in [-0.15, -0.1) is 0 Å². The molecule has 0 saturated heterocycles.